The summed E-state index contributed by atoms with van der Waals surface area (Å²) in [6.45, 7) is -0.202. The minimum absolute atomic E-state index is 0. The van der Waals surface area contributed by atoms with E-state index in [9.17, 15) is 26.3 Å². The van der Waals surface area contributed by atoms with Crippen molar-refractivity contribution in [2.24, 2.45) is 11.7 Å². The van der Waals surface area contributed by atoms with E-state index in [0.717, 1.165) is 0 Å². The number of hydrogen-bond acceptors (Lipinski definition) is 3. The van der Waals surface area contributed by atoms with Gasteiger partial charge >= 0.3 is 12.4 Å². The highest BCUT2D eigenvalue weighted by Gasteiger charge is 2.42. The molecule has 0 aromatic carbocycles. The maximum absolute atomic E-state index is 13.0. The van der Waals surface area contributed by atoms with Gasteiger partial charge in [0.25, 0.3) is 0 Å². The van der Waals surface area contributed by atoms with Gasteiger partial charge in [-0.2, -0.15) is 26.3 Å². The summed E-state index contributed by atoms with van der Waals surface area (Å²) in [6, 6.07) is 1.21. The van der Waals surface area contributed by atoms with Crippen LogP contribution in [0.1, 0.15) is 24.1 Å². The number of alkyl halides is 6. The van der Waals surface area contributed by atoms with Crippen molar-refractivity contribution in [3.8, 4) is 0 Å². The second kappa shape index (κ2) is 7.12. The number of nitrogens with two attached hydrogens (primary N) is 1. The molecule has 3 nitrogen and oxygen atoms in total. The van der Waals surface area contributed by atoms with Gasteiger partial charge in [0.1, 0.15) is 0 Å². The number of nitrogens with zero attached hydrogens (tertiary/aromatic N) is 2. The lowest BCUT2D eigenvalue weighted by Gasteiger charge is -2.35. The van der Waals surface area contributed by atoms with E-state index >= 15 is 0 Å². The van der Waals surface area contributed by atoms with Gasteiger partial charge in [-0.25, -0.2) is 0 Å². The summed E-state index contributed by atoms with van der Waals surface area (Å²) in [5, 5.41) is 0. The zero-order valence-electron chi connectivity index (χ0n) is 11.9. The molecule has 0 atom stereocenters. The fourth-order valence-corrected chi connectivity index (χ4v) is 2.53. The summed E-state index contributed by atoms with van der Waals surface area (Å²) in [5.41, 5.74) is 4.54. The SMILES string of the molecule is Cl.NCc1cc(N2CCC(C(F)(F)F)CC2)c(C(F)(F)F)cn1. The predicted octanol–water partition coefficient (Wildman–Crippen LogP) is 3.76. The first-order chi connectivity index (χ1) is 10.1. The number of hydrogen-bond donors (Lipinski definition) is 1. The van der Waals surface area contributed by atoms with Gasteiger partial charge in [-0.1, -0.05) is 0 Å². The molecule has 0 saturated carbocycles. The van der Waals surface area contributed by atoms with Crippen molar-refractivity contribution >= 4 is 18.1 Å². The number of aromatic nitrogens is 1. The third-order valence-electron chi connectivity index (χ3n) is 3.75. The van der Waals surface area contributed by atoms with Crippen LogP contribution in [-0.2, 0) is 12.7 Å². The van der Waals surface area contributed by atoms with Crippen LogP contribution in [0.5, 0.6) is 0 Å². The Morgan fingerprint density at radius 1 is 1.13 bits per heavy atom. The first-order valence-electron chi connectivity index (χ1n) is 6.70. The lowest BCUT2D eigenvalue weighted by atomic mass is 9.95. The number of halogens is 7. The van der Waals surface area contributed by atoms with Crippen LogP contribution in [0.2, 0.25) is 0 Å². The molecule has 0 spiro atoms. The van der Waals surface area contributed by atoms with Crippen molar-refractivity contribution in [2.75, 3.05) is 18.0 Å². The molecule has 1 fully saturated rings. The highest BCUT2D eigenvalue weighted by atomic mass is 35.5. The maximum Gasteiger partial charge on any atom is 0.419 e. The molecule has 2 rings (SSSR count). The van der Waals surface area contributed by atoms with Crippen molar-refractivity contribution < 1.29 is 26.3 Å². The van der Waals surface area contributed by atoms with Crippen LogP contribution in [0.25, 0.3) is 0 Å². The van der Waals surface area contributed by atoms with E-state index in [1.165, 1.54) is 11.0 Å². The summed E-state index contributed by atoms with van der Waals surface area (Å²) < 4.78 is 77.0. The van der Waals surface area contributed by atoms with Gasteiger partial charge in [-0.3, -0.25) is 4.98 Å². The number of anilines is 1. The Bertz CT molecular complexity index is 523. The van der Waals surface area contributed by atoms with Crippen LogP contribution < -0.4 is 10.6 Å². The van der Waals surface area contributed by atoms with Crippen molar-refractivity contribution in [1.29, 1.82) is 0 Å². The lowest BCUT2D eigenvalue weighted by molar-refractivity contribution is -0.179. The molecule has 1 aliphatic heterocycles. The largest absolute Gasteiger partial charge is 0.419 e. The topological polar surface area (TPSA) is 42.1 Å². The predicted molar refractivity (Wildman–Crippen MR) is 75.4 cm³/mol. The summed E-state index contributed by atoms with van der Waals surface area (Å²) >= 11 is 0. The fraction of sp³-hybridized carbons (Fsp3) is 0.615. The van der Waals surface area contributed by atoms with Crippen LogP contribution in [0.15, 0.2) is 12.3 Å². The minimum atomic E-state index is -4.61. The third kappa shape index (κ3) is 4.63. The second-order valence-corrected chi connectivity index (χ2v) is 5.20. The van der Waals surface area contributed by atoms with E-state index in [2.05, 4.69) is 4.98 Å². The molecule has 1 aliphatic rings. The zero-order valence-corrected chi connectivity index (χ0v) is 12.7. The highest BCUT2D eigenvalue weighted by Crippen LogP contribution is 2.40. The molecule has 1 aromatic rings. The molecule has 23 heavy (non-hydrogen) atoms. The summed E-state index contributed by atoms with van der Waals surface area (Å²) in [6.07, 6.45) is -8.68. The third-order valence-corrected chi connectivity index (χ3v) is 3.75. The normalized spacial score (nSPS) is 17.1. The molecule has 0 amide bonds. The summed E-state index contributed by atoms with van der Waals surface area (Å²) in [5.74, 6) is -1.46. The maximum atomic E-state index is 13.0. The lowest BCUT2D eigenvalue weighted by Crippen LogP contribution is -2.39. The van der Waals surface area contributed by atoms with Gasteiger partial charge < -0.3 is 10.6 Å². The highest BCUT2D eigenvalue weighted by molar-refractivity contribution is 5.85. The number of pyridine rings is 1. The molecular weight excluding hydrogens is 348 g/mol. The number of rotatable bonds is 2. The Morgan fingerprint density at radius 2 is 1.70 bits per heavy atom. The monoisotopic (exact) mass is 363 g/mol. The molecule has 2 heterocycles. The van der Waals surface area contributed by atoms with Gasteiger partial charge in [0, 0.05) is 25.8 Å². The zero-order chi connectivity index (χ0) is 16.5. The summed E-state index contributed by atoms with van der Waals surface area (Å²) in [7, 11) is 0. The molecule has 1 saturated heterocycles. The standard InChI is InChI=1S/C13H15F6N3.ClH/c14-12(15,16)8-1-3-22(4-2-8)11-5-9(6-20)21-7-10(11)13(17,18)19;/h5,7-8H,1-4,6,20H2;1H. The van der Waals surface area contributed by atoms with E-state index in [-0.39, 0.29) is 56.3 Å². The van der Waals surface area contributed by atoms with Crippen LogP contribution >= 0.6 is 12.4 Å². The van der Waals surface area contributed by atoms with Gasteiger partial charge in [-0.05, 0) is 18.9 Å². The Hall–Kier alpha value is -1.22. The van der Waals surface area contributed by atoms with Crippen molar-refractivity contribution in [3.05, 3.63) is 23.5 Å². The quantitative estimate of drug-likeness (QED) is 0.814. The Morgan fingerprint density at radius 3 is 2.13 bits per heavy atom. The first kappa shape index (κ1) is 19.8. The number of piperidine rings is 1. The van der Waals surface area contributed by atoms with Crippen molar-refractivity contribution in [3.63, 3.8) is 0 Å². The van der Waals surface area contributed by atoms with E-state index in [1.54, 1.807) is 0 Å². The van der Waals surface area contributed by atoms with Crippen LogP contribution in [0, 0.1) is 5.92 Å². The van der Waals surface area contributed by atoms with E-state index in [1.807, 2.05) is 0 Å². The Labute approximate surface area is 135 Å². The van der Waals surface area contributed by atoms with Crippen LogP contribution in [-0.4, -0.2) is 24.2 Å². The summed E-state index contributed by atoms with van der Waals surface area (Å²) in [4.78, 5) is 4.95. The van der Waals surface area contributed by atoms with Crippen molar-refractivity contribution in [2.45, 2.75) is 31.7 Å². The van der Waals surface area contributed by atoms with Gasteiger partial charge in [0.2, 0.25) is 0 Å². The molecule has 1 aromatic heterocycles. The molecule has 2 N–H and O–H groups in total. The van der Waals surface area contributed by atoms with Gasteiger partial charge in [-0.15, -0.1) is 12.4 Å². The fourth-order valence-electron chi connectivity index (χ4n) is 2.53. The molecule has 10 heteroatoms. The molecule has 0 radical (unpaired) electrons. The molecule has 132 valence electrons. The van der Waals surface area contributed by atoms with E-state index in [0.29, 0.717) is 6.20 Å². The average molecular weight is 364 g/mol. The van der Waals surface area contributed by atoms with Crippen LogP contribution in [0.3, 0.4) is 0 Å². The molecule has 0 aliphatic carbocycles. The van der Waals surface area contributed by atoms with E-state index < -0.39 is 23.8 Å². The second-order valence-electron chi connectivity index (χ2n) is 5.20. The molecule has 0 unspecified atom stereocenters. The van der Waals surface area contributed by atoms with Gasteiger partial charge in [0.15, 0.2) is 0 Å². The van der Waals surface area contributed by atoms with Gasteiger partial charge in [0.05, 0.1) is 22.9 Å². The van der Waals surface area contributed by atoms with Crippen LogP contribution in [0.4, 0.5) is 32.0 Å². The molecule has 0 bridgehead atoms. The molecular formula is C13H16ClF6N3. The smallest absolute Gasteiger partial charge is 0.371 e. The average Bonchev–Trinajstić information content (AvgIpc) is 2.45. The minimum Gasteiger partial charge on any atom is -0.371 e. The Kier molecular flexibility index (Phi) is 6.14. The Balaban J connectivity index is 0.00000264. The van der Waals surface area contributed by atoms with E-state index in [4.69, 9.17) is 5.73 Å². The first-order valence-corrected chi connectivity index (χ1v) is 6.70. The van der Waals surface area contributed by atoms with Crippen molar-refractivity contribution in [1.82, 2.24) is 4.98 Å².